The SMILES string of the molecule is O=C(O)CCn1cc(N2CCC(=O)NC2=O)cn1. The molecular weight excluding hydrogens is 240 g/mol. The molecule has 1 aliphatic heterocycles. The highest BCUT2D eigenvalue weighted by atomic mass is 16.4. The molecule has 8 heteroatoms. The van der Waals surface area contributed by atoms with Gasteiger partial charge in [-0.05, 0) is 0 Å². The van der Waals surface area contributed by atoms with Gasteiger partial charge in [0.25, 0.3) is 0 Å². The van der Waals surface area contributed by atoms with E-state index in [1.54, 1.807) is 6.20 Å². The molecule has 1 aromatic heterocycles. The number of amides is 3. The number of nitrogens with one attached hydrogen (secondary N) is 1. The number of hydrogen-bond acceptors (Lipinski definition) is 4. The zero-order chi connectivity index (χ0) is 13.1. The number of urea groups is 1. The van der Waals surface area contributed by atoms with E-state index < -0.39 is 12.0 Å². The number of rotatable bonds is 4. The van der Waals surface area contributed by atoms with Crippen molar-refractivity contribution in [2.45, 2.75) is 19.4 Å². The number of carboxylic acid groups (broad SMARTS) is 1. The minimum Gasteiger partial charge on any atom is -0.481 e. The molecule has 3 amide bonds. The highest BCUT2D eigenvalue weighted by molar-refractivity contribution is 6.05. The number of aliphatic carboxylic acids is 1. The van der Waals surface area contributed by atoms with Crippen molar-refractivity contribution in [3.8, 4) is 0 Å². The van der Waals surface area contributed by atoms with Gasteiger partial charge in [0.1, 0.15) is 0 Å². The molecule has 0 radical (unpaired) electrons. The van der Waals surface area contributed by atoms with Crippen LogP contribution >= 0.6 is 0 Å². The van der Waals surface area contributed by atoms with Crippen molar-refractivity contribution >= 4 is 23.6 Å². The summed E-state index contributed by atoms with van der Waals surface area (Å²) in [6.45, 7) is 0.541. The topological polar surface area (TPSA) is 105 Å². The number of nitrogens with zero attached hydrogens (tertiary/aromatic N) is 3. The third-order valence-corrected chi connectivity index (χ3v) is 2.54. The maximum Gasteiger partial charge on any atom is 0.328 e. The third-order valence-electron chi connectivity index (χ3n) is 2.54. The number of carbonyl (C=O) groups excluding carboxylic acids is 2. The molecule has 8 nitrogen and oxygen atoms in total. The molecule has 96 valence electrons. The molecule has 0 saturated carbocycles. The summed E-state index contributed by atoms with van der Waals surface area (Å²) in [7, 11) is 0. The first kappa shape index (κ1) is 12.1. The highest BCUT2D eigenvalue weighted by Gasteiger charge is 2.25. The van der Waals surface area contributed by atoms with E-state index in [4.69, 9.17) is 5.11 Å². The van der Waals surface area contributed by atoms with E-state index in [0.29, 0.717) is 12.2 Å². The van der Waals surface area contributed by atoms with Crippen molar-refractivity contribution in [3.63, 3.8) is 0 Å². The zero-order valence-corrected chi connectivity index (χ0v) is 9.50. The molecule has 2 heterocycles. The van der Waals surface area contributed by atoms with Crippen molar-refractivity contribution in [3.05, 3.63) is 12.4 Å². The number of aromatic nitrogens is 2. The molecular formula is C10H12N4O4. The number of carbonyl (C=O) groups is 3. The van der Waals surface area contributed by atoms with Crippen LogP contribution in [-0.4, -0.2) is 39.3 Å². The van der Waals surface area contributed by atoms with Crippen LogP contribution in [0.4, 0.5) is 10.5 Å². The van der Waals surface area contributed by atoms with Crippen molar-refractivity contribution in [1.82, 2.24) is 15.1 Å². The van der Waals surface area contributed by atoms with Crippen LogP contribution in [0.15, 0.2) is 12.4 Å². The molecule has 2 rings (SSSR count). The number of imide groups is 1. The van der Waals surface area contributed by atoms with Crippen LogP contribution in [0.1, 0.15) is 12.8 Å². The van der Waals surface area contributed by atoms with Gasteiger partial charge in [-0.15, -0.1) is 0 Å². The summed E-state index contributed by atoms with van der Waals surface area (Å²) in [5.41, 5.74) is 0.547. The quantitative estimate of drug-likeness (QED) is 0.772. The second-order valence-electron chi connectivity index (χ2n) is 3.86. The summed E-state index contributed by atoms with van der Waals surface area (Å²) >= 11 is 0. The van der Waals surface area contributed by atoms with E-state index in [2.05, 4.69) is 10.4 Å². The van der Waals surface area contributed by atoms with Crippen LogP contribution in [0.3, 0.4) is 0 Å². The van der Waals surface area contributed by atoms with Gasteiger partial charge in [-0.2, -0.15) is 5.10 Å². The lowest BCUT2D eigenvalue weighted by molar-refractivity contribution is -0.137. The number of anilines is 1. The minimum absolute atomic E-state index is 0.0359. The van der Waals surface area contributed by atoms with Crippen molar-refractivity contribution in [1.29, 1.82) is 0 Å². The average molecular weight is 252 g/mol. The number of hydrogen-bond donors (Lipinski definition) is 2. The molecule has 18 heavy (non-hydrogen) atoms. The summed E-state index contributed by atoms with van der Waals surface area (Å²) in [6.07, 6.45) is 3.26. The summed E-state index contributed by atoms with van der Waals surface area (Å²) < 4.78 is 1.45. The molecule has 2 N–H and O–H groups in total. The molecule has 1 fully saturated rings. The predicted octanol–water partition coefficient (Wildman–Crippen LogP) is -0.196. The first-order valence-corrected chi connectivity index (χ1v) is 5.42. The summed E-state index contributed by atoms with van der Waals surface area (Å²) in [4.78, 5) is 34.3. The molecule has 0 aliphatic carbocycles. The van der Waals surface area contributed by atoms with Gasteiger partial charge in [-0.3, -0.25) is 24.5 Å². The maximum absolute atomic E-state index is 11.5. The highest BCUT2D eigenvalue weighted by Crippen LogP contribution is 2.15. The zero-order valence-electron chi connectivity index (χ0n) is 9.50. The smallest absolute Gasteiger partial charge is 0.328 e. The van der Waals surface area contributed by atoms with E-state index in [-0.39, 0.29) is 25.3 Å². The lowest BCUT2D eigenvalue weighted by Crippen LogP contribution is -2.49. The van der Waals surface area contributed by atoms with Gasteiger partial charge < -0.3 is 5.11 Å². The molecule has 0 aromatic carbocycles. The third kappa shape index (κ3) is 2.65. The Bertz CT molecular complexity index is 496. The Morgan fingerprint density at radius 3 is 2.94 bits per heavy atom. The van der Waals surface area contributed by atoms with E-state index in [9.17, 15) is 14.4 Å². The summed E-state index contributed by atoms with van der Waals surface area (Å²) in [6, 6.07) is -0.482. The molecule has 0 atom stereocenters. The number of carboxylic acids is 1. The Morgan fingerprint density at radius 1 is 1.50 bits per heavy atom. The Labute approximate surface area is 102 Å². The monoisotopic (exact) mass is 252 g/mol. The average Bonchev–Trinajstić information content (AvgIpc) is 2.75. The first-order valence-electron chi connectivity index (χ1n) is 5.42. The Hall–Kier alpha value is -2.38. The fraction of sp³-hybridized carbons (Fsp3) is 0.400. The Balaban J connectivity index is 2.03. The van der Waals surface area contributed by atoms with E-state index in [1.807, 2.05) is 0 Å². The Morgan fingerprint density at radius 2 is 2.28 bits per heavy atom. The Kier molecular flexibility index (Phi) is 3.26. The molecule has 0 bridgehead atoms. The van der Waals surface area contributed by atoms with Gasteiger partial charge in [0.15, 0.2) is 0 Å². The summed E-state index contributed by atoms with van der Waals surface area (Å²) in [5, 5.41) is 14.7. The standard InChI is InChI=1S/C10H12N4O4/c15-8-1-4-14(10(18)12-8)7-5-11-13(6-7)3-2-9(16)17/h5-6H,1-4H2,(H,16,17)(H,12,15,18). The van der Waals surface area contributed by atoms with Crippen LogP contribution in [0.5, 0.6) is 0 Å². The largest absolute Gasteiger partial charge is 0.481 e. The normalized spacial score (nSPS) is 15.7. The van der Waals surface area contributed by atoms with E-state index >= 15 is 0 Å². The van der Waals surface area contributed by atoms with Crippen molar-refractivity contribution < 1.29 is 19.5 Å². The first-order chi connectivity index (χ1) is 8.56. The maximum atomic E-state index is 11.5. The molecule has 0 spiro atoms. The van der Waals surface area contributed by atoms with E-state index in [1.165, 1.54) is 15.8 Å². The summed E-state index contributed by atoms with van der Waals surface area (Å²) in [5.74, 6) is -1.21. The molecule has 1 aliphatic rings. The van der Waals surface area contributed by atoms with E-state index in [0.717, 1.165) is 0 Å². The molecule has 1 saturated heterocycles. The van der Waals surface area contributed by atoms with Gasteiger partial charge >= 0.3 is 12.0 Å². The fourth-order valence-electron chi connectivity index (χ4n) is 1.64. The van der Waals surface area contributed by atoms with Crippen LogP contribution in [0.25, 0.3) is 0 Å². The van der Waals surface area contributed by atoms with Crippen LogP contribution in [0, 0.1) is 0 Å². The lowest BCUT2D eigenvalue weighted by Gasteiger charge is -2.24. The van der Waals surface area contributed by atoms with Gasteiger partial charge in [0.2, 0.25) is 5.91 Å². The fourth-order valence-corrected chi connectivity index (χ4v) is 1.64. The van der Waals surface area contributed by atoms with Crippen LogP contribution in [-0.2, 0) is 16.1 Å². The van der Waals surface area contributed by atoms with Gasteiger partial charge in [0.05, 0.1) is 24.8 Å². The van der Waals surface area contributed by atoms with Crippen molar-refractivity contribution in [2.75, 3.05) is 11.4 Å². The van der Waals surface area contributed by atoms with Crippen molar-refractivity contribution in [2.24, 2.45) is 0 Å². The predicted molar refractivity (Wildman–Crippen MR) is 60.0 cm³/mol. The van der Waals surface area contributed by atoms with Gasteiger partial charge in [-0.25, -0.2) is 4.79 Å². The second kappa shape index (κ2) is 4.86. The van der Waals surface area contributed by atoms with Crippen LogP contribution < -0.4 is 10.2 Å². The lowest BCUT2D eigenvalue weighted by atomic mass is 10.3. The molecule has 0 unspecified atom stereocenters. The molecule has 1 aromatic rings. The minimum atomic E-state index is -0.909. The number of aryl methyl sites for hydroxylation is 1. The van der Waals surface area contributed by atoms with Gasteiger partial charge in [0, 0.05) is 19.2 Å². The van der Waals surface area contributed by atoms with Gasteiger partial charge in [-0.1, -0.05) is 0 Å². The van der Waals surface area contributed by atoms with Crippen LogP contribution in [0.2, 0.25) is 0 Å². The second-order valence-corrected chi connectivity index (χ2v) is 3.86.